The maximum absolute atomic E-state index is 12.0. The number of rotatable bonds is 5. The third-order valence-corrected chi connectivity index (χ3v) is 3.78. The Bertz CT molecular complexity index is 385. The molecule has 0 radical (unpaired) electrons. The molecule has 1 aliphatic heterocycles. The summed E-state index contributed by atoms with van der Waals surface area (Å²) in [5.41, 5.74) is 0. The Balaban J connectivity index is 2.48. The van der Waals surface area contributed by atoms with Gasteiger partial charge in [0.25, 0.3) is 10.2 Å². The number of nitrogens with two attached hydrogens (primary N) is 1. The van der Waals surface area contributed by atoms with Crippen molar-refractivity contribution in [1.82, 2.24) is 14.9 Å². The van der Waals surface area contributed by atoms with Gasteiger partial charge in [0.05, 0.1) is 6.04 Å². The number of carbonyl (C=O) groups excluding carboxylic acids is 1. The van der Waals surface area contributed by atoms with Gasteiger partial charge in [-0.2, -0.15) is 8.42 Å². The molecule has 0 aliphatic carbocycles. The standard InChI is InChI=1S/C10H22N4O3S/c1-8(12-2)10(15)14-5-3-4-9(7-14)6-13-18(11,16)17/h8-9,12-13H,3-7H2,1-2H3,(H2,11,16,17). The largest absolute Gasteiger partial charge is 0.341 e. The first-order valence-corrected chi connectivity index (χ1v) is 7.61. The van der Waals surface area contributed by atoms with E-state index < -0.39 is 10.2 Å². The quantitative estimate of drug-likeness (QED) is 0.577. The first-order valence-electron chi connectivity index (χ1n) is 6.07. The first kappa shape index (κ1) is 15.4. The Morgan fingerprint density at radius 2 is 2.22 bits per heavy atom. The highest BCUT2D eigenvalue weighted by molar-refractivity contribution is 7.87. The molecule has 8 heteroatoms. The van der Waals surface area contributed by atoms with Gasteiger partial charge in [0.2, 0.25) is 5.91 Å². The summed E-state index contributed by atoms with van der Waals surface area (Å²) >= 11 is 0. The predicted molar refractivity (Wildman–Crippen MR) is 68.9 cm³/mol. The Morgan fingerprint density at radius 3 is 2.78 bits per heavy atom. The average molecular weight is 278 g/mol. The SMILES string of the molecule is CNC(C)C(=O)N1CCCC(CNS(N)(=O)=O)C1. The number of hydrogen-bond acceptors (Lipinski definition) is 4. The Morgan fingerprint density at radius 1 is 1.56 bits per heavy atom. The van der Waals surface area contributed by atoms with Crippen molar-refractivity contribution >= 4 is 16.1 Å². The van der Waals surface area contributed by atoms with Crippen molar-refractivity contribution in [3.63, 3.8) is 0 Å². The second kappa shape index (κ2) is 6.46. The highest BCUT2D eigenvalue weighted by Gasteiger charge is 2.26. The fraction of sp³-hybridized carbons (Fsp3) is 0.900. The summed E-state index contributed by atoms with van der Waals surface area (Å²) in [6.45, 7) is 3.41. The summed E-state index contributed by atoms with van der Waals surface area (Å²) in [5, 5.41) is 7.80. The van der Waals surface area contributed by atoms with Crippen molar-refractivity contribution in [2.45, 2.75) is 25.8 Å². The highest BCUT2D eigenvalue weighted by Crippen LogP contribution is 2.16. The van der Waals surface area contributed by atoms with E-state index in [1.54, 1.807) is 11.9 Å². The van der Waals surface area contributed by atoms with Crippen molar-refractivity contribution in [2.75, 3.05) is 26.7 Å². The number of amides is 1. The maximum atomic E-state index is 12.0. The third kappa shape index (κ3) is 4.89. The summed E-state index contributed by atoms with van der Waals surface area (Å²) in [5.74, 6) is 0.183. The zero-order chi connectivity index (χ0) is 13.8. The van der Waals surface area contributed by atoms with Crippen LogP contribution in [0.15, 0.2) is 0 Å². The van der Waals surface area contributed by atoms with E-state index in [4.69, 9.17) is 5.14 Å². The molecule has 0 aromatic rings. The summed E-state index contributed by atoms with van der Waals surface area (Å²) in [6.07, 6.45) is 1.79. The lowest BCUT2D eigenvalue weighted by molar-refractivity contribution is -0.134. The highest BCUT2D eigenvalue weighted by atomic mass is 32.2. The van der Waals surface area contributed by atoms with Gasteiger partial charge in [-0.15, -0.1) is 0 Å². The van der Waals surface area contributed by atoms with Crippen molar-refractivity contribution in [3.05, 3.63) is 0 Å². The van der Waals surface area contributed by atoms with Crippen LogP contribution >= 0.6 is 0 Å². The summed E-state index contributed by atoms with van der Waals surface area (Å²) < 4.78 is 23.9. The van der Waals surface area contributed by atoms with Gasteiger partial charge in [-0.25, -0.2) is 9.86 Å². The van der Waals surface area contributed by atoms with E-state index in [9.17, 15) is 13.2 Å². The van der Waals surface area contributed by atoms with Gasteiger partial charge < -0.3 is 10.2 Å². The van der Waals surface area contributed by atoms with E-state index in [1.165, 1.54) is 0 Å². The van der Waals surface area contributed by atoms with E-state index in [2.05, 4.69) is 10.0 Å². The summed E-state index contributed by atoms with van der Waals surface area (Å²) in [4.78, 5) is 13.8. The van der Waals surface area contributed by atoms with Crippen molar-refractivity contribution in [2.24, 2.45) is 11.1 Å². The zero-order valence-corrected chi connectivity index (χ0v) is 11.7. The normalized spacial score (nSPS) is 22.8. The molecule has 18 heavy (non-hydrogen) atoms. The van der Waals surface area contributed by atoms with Gasteiger partial charge in [0, 0.05) is 19.6 Å². The van der Waals surface area contributed by atoms with Crippen LogP contribution in [0.3, 0.4) is 0 Å². The Hall–Kier alpha value is -0.700. The molecule has 1 rings (SSSR count). The third-order valence-electron chi connectivity index (χ3n) is 3.21. The van der Waals surface area contributed by atoms with E-state index in [-0.39, 0.29) is 24.4 Å². The van der Waals surface area contributed by atoms with Crippen LogP contribution in [0.5, 0.6) is 0 Å². The van der Waals surface area contributed by atoms with Gasteiger partial charge in [-0.3, -0.25) is 4.79 Å². The van der Waals surface area contributed by atoms with Crippen LogP contribution in [0.1, 0.15) is 19.8 Å². The fourth-order valence-electron chi connectivity index (χ4n) is 2.06. The maximum Gasteiger partial charge on any atom is 0.274 e. The van der Waals surface area contributed by atoms with Crippen molar-refractivity contribution < 1.29 is 13.2 Å². The molecular formula is C10H22N4O3S. The monoisotopic (exact) mass is 278 g/mol. The molecular weight excluding hydrogens is 256 g/mol. The van der Waals surface area contributed by atoms with Crippen molar-refractivity contribution in [1.29, 1.82) is 0 Å². The minimum absolute atomic E-state index is 0.0535. The molecule has 0 aromatic heterocycles. The lowest BCUT2D eigenvalue weighted by Crippen LogP contribution is -2.49. The second-order valence-electron chi connectivity index (χ2n) is 4.70. The second-order valence-corrected chi connectivity index (χ2v) is 6.08. The number of carbonyl (C=O) groups is 1. The zero-order valence-electron chi connectivity index (χ0n) is 10.8. The Kier molecular flexibility index (Phi) is 5.51. The van der Waals surface area contributed by atoms with Crippen LogP contribution in [0, 0.1) is 5.92 Å². The van der Waals surface area contributed by atoms with Gasteiger partial charge in [-0.1, -0.05) is 0 Å². The first-order chi connectivity index (χ1) is 8.33. The molecule has 0 bridgehead atoms. The van der Waals surface area contributed by atoms with Gasteiger partial charge in [0.15, 0.2) is 0 Å². The van der Waals surface area contributed by atoms with E-state index in [1.807, 2.05) is 6.92 Å². The van der Waals surface area contributed by atoms with Gasteiger partial charge >= 0.3 is 0 Å². The molecule has 1 heterocycles. The molecule has 2 unspecified atom stereocenters. The van der Waals surface area contributed by atoms with Crippen LogP contribution in [0.2, 0.25) is 0 Å². The minimum Gasteiger partial charge on any atom is -0.341 e. The lowest BCUT2D eigenvalue weighted by atomic mass is 9.98. The van der Waals surface area contributed by atoms with Crippen molar-refractivity contribution in [3.8, 4) is 0 Å². The number of likely N-dealkylation sites (N-methyl/N-ethyl adjacent to an activating group) is 1. The molecule has 1 fully saturated rings. The molecule has 0 spiro atoms. The van der Waals surface area contributed by atoms with Crippen LogP contribution in [0.25, 0.3) is 0 Å². The van der Waals surface area contributed by atoms with E-state index in [0.29, 0.717) is 6.54 Å². The van der Waals surface area contributed by atoms with Crippen LogP contribution < -0.4 is 15.2 Å². The minimum atomic E-state index is -3.65. The molecule has 1 saturated heterocycles. The molecule has 2 atom stereocenters. The molecule has 4 N–H and O–H groups in total. The lowest BCUT2D eigenvalue weighted by Gasteiger charge is -2.34. The number of nitrogens with one attached hydrogen (secondary N) is 2. The molecule has 1 amide bonds. The predicted octanol–water partition coefficient (Wildman–Crippen LogP) is -1.37. The van der Waals surface area contributed by atoms with Gasteiger partial charge in [-0.05, 0) is 32.7 Å². The summed E-state index contributed by atoms with van der Waals surface area (Å²) in [7, 11) is -1.91. The van der Waals surface area contributed by atoms with E-state index >= 15 is 0 Å². The molecule has 1 aliphatic rings. The van der Waals surface area contributed by atoms with Crippen LogP contribution in [-0.2, 0) is 15.0 Å². The van der Waals surface area contributed by atoms with E-state index in [0.717, 1.165) is 19.4 Å². The molecule has 0 saturated carbocycles. The summed E-state index contributed by atoms with van der Waals surface area (Å²) in [6, 6.07) is -0.213. The molecule has 106 valence electrons. The fourth-order valence-corrected chi connectivity index (χ4v) is 2.53. The smallest absolute Gasteiger partial charge is 0.274 e. The molecule has 0 aromatic carbocycles. The molecule has 7 nitrogen and oxygen atoms in total. The number of hydrogen-bond donors (Lipinski definition) is 3. The van der Waals surface area contributed by atoms with Crippen LogP contribution in [0.4, 0.5) is 0 Å². The van der Waals surface area contributed by atoms with Gasteiger partial charge in [0.1, 0.15) is 0 Å². The number of piperidine rings is 1. The number of nitrogens with zero attached hydrogens (tertiary/aromatic N) is 1. The van der Waals surface area contributed by atoms with Crippen LogP contribution in [-0.4, -0.2) is 51.9 Å². The Labute approximate surface area is 108 Å². The average Bonchev–Trinajstić information content (AvgIpc) is 2.34. The topological polar surface area (TPSA) is 105 Å². The number of likely N-dealkylation sites (tertiary alicyclic amines) is 1.